The molecule has 130 valence electrons. The van der Waals surface area contributed by atoms with Gasteiger partial charge in [-0.3, -0.25) is 0 Å². The number of nitrogens with two attached hydrogens (primary N) is 2. The zero-order valence-corrected chi connectivity index (χ0v) is 14.8. The molecule has 3 rings (SSSR count). The molecule has 1 atom stereocenters. The minimum absolute atomic E-state index is 0.205. The summed E-state index contributed by atoms with van der Waals surface area (Å²) in [5.41, 5.74) is 14.4. The largest absolute Gasteiger partial charge is 0.399 e. The average molecular weight is 355 g/mol. The van der Waals surface area contributed by atoms with Crippen molar-refractivity contribution >= 4 is 23.3 Å². The standard InChI is InChI=1S/C18H21N5OS/c1-2-4-16(20)18-21-17(22-24-18)12-7-9-15(10-8-12)25-23-14-6-3-5-13(19)11-14/h3,5-11,16,23H,2,4,19-20H2,1H3. The molecule has 0 fully saturated rings. The first-order valence-corrected chi connectivity index (χ1v) is 8.95. The van der Waals surface area contributed by atoms with Crippen LogP contribution in [-0.4, -0.2) is 10.1 Å². The van der Waals surface area contributed by atoms with Crippen LogP contribution >= 0.6 is 11.9 Å². The van der Waals surface area contributed by atoms with Gasteiger partial charge < -0.3 is 20.7 Å². The molecule has 0 aliphatic carbocycles. The summed E-state index contributed by atoms with van der Waals surface area (Å²) in [5.74, 6) is 1.04. The van der Waals surface area contributed by atoms with E-state index in [0.29, 0.717) is 11.7 Å². The highest BCUT2D eigenvalue weighted by atomic mass is 32.2. The van der Waals surface area contributed by atoms with Crippen LogP contribution in [0, 0.1) is 0 Å². The van der Waals surface area contributed by atoms with Crippen LogP contribution in [0.25, 0.3) is 11.4 Å². The smallest absolute Gasteiger partial charge is 0.243 e. The minimum atomic E-state index is -0.205. The third kappa shape index (κ3) is 4.52. The monoisotopic (exact) mass is 355 g/mol. The van der Waals surface area contributed by atoms with Crippen LogP contribution in [0.15, 0.2) is 57.9 Å². The van der Waals surface area contributed by atoms with E-state index in [0.717, 1.165) is 34.7 Å². The van der Waals surface area contributed by atoms with Crippen molar-refractivity contribution in [3.63, 3.8) is 0 Å². The second-order valence-electron chi connectivity index (χ2n) is 5.71. The van der Waals surface area contributed by atoms with Crippen molar-refractivity contribution in [3.05, 3.63) is 54.4 Å². The molecule has 2 aromatic carbocycles. The predicted molar refractivity (Wildman–Crippen MR) is 102 cm³/mol. The van der Waals surface area contributed by atoms with E-state index in [9.17, 15) is 0 Å². The Labute approximate surface area is 151 Å². The number of nitrogens with zero attached hydrogens (tertiary/aromatic N) is 2. The first kappa shape index (κ1) is 17.3. The van der Waals surface area contributed by atoms with Crippen LogP contribution in [0.2, 0.25) is 0 Å². The number of benzene rings is 2. The molecular formula is C18H21N5OS. The Balaban J connectivity index is 1.64. The number of hydrogen-bond acceptors (Lipinski definition) is 7. The molecule has 1 unspecified atom stereocenters. The van der Waals surface area contributed by atoms with Crippen molar-refractivity contribution in [2.75, 3.05) is 10.5 Å². The van der Waals surface area contributed by atoms with E-state index in [2.05, 4.69) is 21.8 Å². The summed E-state index contributed by atoms with van der Waals surface area (Å²) in [6.45, 7) is 2.07. The first-order chi connectivity index (χ1) is 12.2. The lowest BCUT2D eigenvalue weighted by atomic mass is 10.2. The highest BCUT2D eigenvalue weighted by Gasteiger charge is 2.14. The van der Waals surface area contributed by atoms with Gasteiger partial charge in [-0.05, 0) is 60.8 Å². The molecule has 3 aromatic rings. The molecule has 0 bridgehead atoms. The van der Waals surface area contributed by atoms with Gasteiger partial charge in [-0.15, -0.1) is 0 Å². The van der Waals surface area contributed by atoms with E-state index < -0.39 is 0 Å². The number of hydrogen-bond donors (Lipinski definition) is 3. The third-order valence-corrected chi connectivity index (χ3v) is 4.49. The Kier molecular flexibility index (Phi) is 5.57. The van der Waals surface area contributed by atoms with Crippen LogP contribution in [0.3, 0.4) is 0 Å². The highest BCUT2D eigenvalue weighted by molar-refractivity contribution is 8.00. The topological polar surface area (TPSA) is 103 Å². The van der Waals surface area contributed by atoms with Crippen molar-refractivity contribution in [1.29, 1.82) is 0 Å². The fourth-order valence-electron chi connectivity index (χ4n) is 2.33. The molecule has 25 heavy (non-hydrogen) atoms. The van der Waals surface area contributed by atoms with Crippen molar-refractivity contribution in [2.45, 2.75) is 30.7 Å². The van der Waals surface area contributed by atoms with Gasteiger partial charge in [-0.1, -0.05) is 24.6 Å². The summed E-state index contributed by atoms with van der Waals surface area (Å²) in [6, 6.07) is 15.4. The van der Waals surface area contributed by atoms with E-state index in [-0.39, 0.29) is 6.04 Å². The van der Waals surface area contributed by atoms with Gasteiger partial charge in [0.25, 0.3) is 0 Å². The SMILES string of the molecule is CCCC(N)c1nc(-c2ccc(SNc3cccc(N)c3)cc2)no1. The Bertz CT molecular complexity index is 818. The van der Waals surface area contributed by atoms with Gasteiger partial charge in [0.1, 0.15) is 0 Å². The molecular weight excluding hydrogens is 334 g/mol. The summed E-state index contributed by atoms with van der Waals surface area (Å²) < 4.78 is 8.53. The minimum Gasteiger partial charge on any atom is -0.399 e. The summed E-state index contributed by atoms with van der Waals surface area (Å²) >= 11 is 1.51. The molecule has 1 heterocycles. The van der Waals surface area contributed by atoms with Gasteiger partial charge in [0.05, 0.1) is 6.04 Å². The zero-order chi connectivity index (χ0) is 17.6. The Morgan fingerprint density at radius 3 is 2.72 bits per heavy atom. The van der Waals surface area contributed by atoms with Crippen LogP contribution in [0.5, 0.6) is 0 Å². The number of nitrogen functional groups attached to an aromatic ring is 1. The van der Waals surface area contributed by atoms with E-state index in [4.69, 9.17) is 16.0 Å². The summed E-state index contributed by atoms with van der Waals surface area (Å²) in [7, 11) is 0. The van der Waals surface area contributed by atoms with E-state index >= 15 is 0 Å². The van der Waals surface area contributed by atoms with Crippen LogP contribution < -0.4 is 16.2 Å². The maximum absolute atomic E-state index is 6.01. The number of aromatic nitrogens is 2. The van der Waals surface area contributed by atoms with Gasteiger partial charge in [-0.25, -0.2) is 0 Å². The second-order valence-corrected chi connectivity index (χ2v) is 6.59. The molecule has 7 heteroatoms. The number of rotatable bonds is 7. The normalized spacial score (nSPS) is 12.1. The van der Waals surface area contributed by atoms with Gasteiger partial charge in [0.15, 0.2) is 0 Å². The molecule has 1 aromatic heterocycles. The maximum Gasteiger partial charge on any atom is 0.243 e. The first-order valence-electron chi connectivity index (χ1n) is 8.13. The van der Waals surface area contributed by atoms with Crippen molar-refractivity contribution in [1.82, 2.24) is 10.1 Å². The Morgan fingerprint density at radius 1 is 1.20 bits per heavy atom. The molecule has 0 spiro atoms. The number of anilines is 2. The molecule has 0 aliphatic rings. The molecule has 0 radical (unpaired) electrons. The zero-order valence-electron chi connectivity index (χ0n) is 14.0. The molecule has 0 amide bonds. The lowest BCUT2D eigenvalue weighted by Crippen LogP contribution is -2.09. The average Bonchev–Trinajstić information content (AvgIpc) is 3.11. The Morgan fingerprint density at radius 2 is 2.00 bits per heavy atom. The van der Waals surface area contributed by atoms with Gasteiger partial charge in [-0.2, -0.15) is 4.98 Å². The van der Waals surface area contributed by atoms with Crippen LogP contribution in [-0.2, 0) is 0 Å². The van der Waals surface area contributed by atoms with Crippen molar-refractivity contribution in [2.24, 2.45) is 5.73 Å². The lowest BCUT2D eigenvalue weighted by Gasteiger charge is -2.06. The summed E-state index contributed by atoms with van der Waals surface area (Å²) in [5, 5.41) is 4.02. The quantitative estimate of drug-likeness (QED) is 0.430. The fraction of sp³-hybridized carbons (Fsp3) is 0.222. The highest BCUT2D eigenvalue weighted by Crippen LogP contribution is 2.25. The molecule has 0 saturated heterocycles. The molecule has 0 saturated carbocycles. The molecule has 5 N–H and O–H groups in total. The van der Waals surface area contributed by atoms with Crippen LogP contribution in [0.4, 0.5) is 11.4 Å². The van der Waals surface area contributed by atoms with Crippen molar-refractivity contribution < 1.29 is 4.52 Å². The van der Waals surface area contributed by atoms with Crippen LogP contribution in [0.1, 0.15) is 31.7 Å². The summed E-state index contributed by atoms with van der Waals surface area (Å²) in [6.07, 6.45) is 1.80. The van der Waals surface area contributed by atoms with Gasteiger partial charge in [0.2, 0.25) is 11.7 Å². The third-order valence-electron chi connectivity index (χ3n) is 3.64. The lowest BCUT2D eigenvalue weighted by molar-refractivity contribution is 0.348. The fourth-order valence-corrected chi connectivity index (χ4v) is 2.96. The maximum atomic E-state index is 6.01. The molecule has 6 nitrogen and oxygen atoms in total. The second kappa shape index (κ2) is 8.04. The molecule has 0 aliphatic heterocycles. The van der Waals surface area contributed by atoms with E-state index in [1.807, 2.05) is 48.5 Å². The van der Waals surface area contributed by atoms with Gasteiger partial charge >= 0.3 is 0 Å². The van der Waals surface area contributed by atoms with Gasteiger partial charge in [0, 0.05) is 21.8 Å². The van der Waals surface area contributed by atoms with E-state index in [1.54, 1.807) is 0 Å². The van der Waals surface area contributed by atoms with E-state index in [1.165, 1.54) is 11.9 Å². The predicted octanol–water partition coefficient (Wildman–Crippen LogP) is 4.24. The summed E-state index contributed by atoms with van der Waals surface area (Å²) in [4.78, 5) is 5.46. The Hall–Kier alpha value is -2.51. The van der Waals surface area contributed by atoms with Crippen molar-refractivity contribution in [3.8, 4) is 11.4 Å². The number of nitrogens with one attached hydrogen (secondary N) is 1.